The first-order valence-corrected chi connectivity index (χ1v) is 3.52. The topological polar surface area (TPSA) is 69.9 Å². The third-order valence-corrected chi connectivity index (χ3v) is 0.421. The van der Waals surface area contributed by atoms with Gasteiger partial charge in [0, 0.05) is 14.2 Å². The van der Waals surface area contributed by atoms with Crippen molar-refractivity contribution in [3.63, 3.8) is 0 Å². The Balaban J connectivity index is -0.0000000493. The van der Waals surface area contributed by atoms with E-state index >= 15 is 0 Å². The Labute approximate surface area is 80.8 Å². The van der Waals surface area contributed by atoms with Crippen molar-refractivity contribution >= 4 is 0 Å². The number of aliphatic hydroxyl groups is 3. The maximum Gasteiger partial charge on any atom is 0.100 e. The van der Waals surface area contributed by atoms with Crippen molar-refractivity contribution in [3.05, 3.63) is 26.3 Å². The van der Waals surface area contributed by atoms with Gasteiger partial charge in [-0.1, -0.05) is 0 Å². The van der Waals surface area contributed by atoms with Crippen LogP contribution in [0.15, 0.2) is 26.3 Å². The van der Waals surface area contributed by atoms with Crippen molar-refractivity contribution < 1.29 is 20.1 Å². The normalized spacial score (nSPS) is 6.62. The Morgan fingerprint density at radius 1 is 1.00 bits per heavy atom. The summed E-state index contributed by atoms with van der Waals surface area (Å²) < 4.78 is 4.25. The summed E-state index contributed by atoms with van der Waals surface area (Å²) in [5, 5.41) is 24.0. The molecule has 0 aromatic heterocycles. The average Bonchev–Trinajstić information content (AvgIpc) is 2.24. The lowest BCUT2D eigenvalue weighted by Crippen LogP contribution is -2.15. The van der Waals surface area contributed by atoms with Crippen LogP contribution in [0.25, 0.3) is 0 Å². The summed E-state index contributed by atoms with van der Waals surface area (Å²) in [5.41, 5.74) is 0. The van der Waals surface area contributed by atoms with Gasteiger partial charge in [0.25, 0.3) is 0 Å². The fourth-order valence-corrected chi connectivity index (χ4v) is 0.0577. The summed E-state index contributed by atoms with van der Waals surface area (Å²) in [6, 6.07) is 0. The van der Waals surface area contributed by atoms with Gasteiger partial charge < -0.3 is 20.1 Å². The largest absolute Gasteiger partial charge is 0.394 e. The molecule has 82 valence electrons. The molecule has 0 aliphatic carbocycles. The van der Waals surface area contributed by atoms with E-state index in [2.05, 4.69) is 31.1 Å². The first-order valence-electron chi connectivity index (χ1n) is 3.52. The second-order valence-corrected chi connectivity index (χ2v) is 1.43. The Morgan fingerprint density at radius 2 is 1.15 bits per heavy atom. The zero-order chi connectivity index (χ0) is 11.7. The molecule has 0 heterocycles. The number of hydrogen-bond acceptors (Lipinski definition) is 4. The van der Waals surface area contributed by atoms with E-state index in [0.29, 0.717) is 0 Å². The van der Waals surface area contributed by atoms with Gasteiger partial charge in [0.2, 0.25) is 0 Å². The van der Waals surface area contributed by atoms with Crippen molar-refractivity contribution in [2.24, 2.45) is 0 Å². The predicted molar refractivity (Wildman–Crippen MR) is 55.6 cm³/mol. The molecule has 4 heteroatoms. The van der Waals surface area contributed by atoms with E-state index in [-0.39, 0.29) is 13.2 Å². The Morgan fingerprint density at radius 3 is 1.15 bits per heavy atom. The van der Waals surface area contributed by atoms with Crippen LogP contribution in [0.1, 0.15) is 0 Å². The van der Waals surface area contributed by atoms with Crippen molar-refractivity contribution in [1.29, 1.82) is 0 Å². The third kappa shape index (κ3) is 89.2. The zero-order valence-corrected chi connectivity index (χ0v) is 8.57. The molecule has 0 bridgehead atoms. The van der Waals surface area contributed by atoms with E-state index < -0.39 is 6.10 Å². The fourth-order valence-electron chi connectivity index (χ4n) is 0.0577. The molecular weight excluding hydrogens is 172 g/mol. The molecule has 0 fully saturated rings. The zero-order valence-electron chi connectivity index (χ0n) is 8.57. The van der Waals surface area contributed by atoms with E-state index in [1.807, 2.05) is 0 Å². The number of methoxy groups -OCH3 is 1. The first kappa shape index (κ1) is 22.8. The van der Waals surface area contributed by atoms with Crippen LogP contribution in [0.2, 0.25) is 0 Å². The monoisotopic (exact) mass is 194 g/mol. The van der Waals surface area contributed by atoms with Gasteiger partial charge in [0.15, 0.2) is 0 Å². The van der Waals surface area contributed by atoms with Crippen LogP contribution in [0.3, 0.4) is 0 Å². The molecule has 0 atom stereocenters. The number of hydrogen-bond donors (Lipinski definition) is 3. The second-order valence-electron chi connectivity index (χ2n) is 1.43. The summed E-state index contributed by atoms with van der Waals surface area (Å²) in [4.78, 5) is 0. The first-order chi connectivity index (χ1) is 6.22. The molecule has 0 aliphatic heterocycles. The van der Waals surface area contributed by atoms with Crippen LogP contribution in [0.5, 0.6) is 0 Å². The summed E-state index contributed by atoms with van der Waals surface area (Å²) in [6.45, 7) is 11.3. The van der Waals surface area contributed by atoms with Gasteiger partial charge in [-0.3, -0.25) is 0 Å². The van der Waals surface area contributed by atoms with Crippen molar-refractivity contribution in [3.8, 4) is 0 Å². The summed E-state index contributed by atoms with van der Waals surface area (Å²) in [6.07, 6.45) is -0.954. The van der Waals surface area contributed by atoms with Gasteiger partial charge in [-0.05, 0) is 0 Å². The molecule has 0 rings (SSSR count). The highest BCUT2D eigenvalue weighted by atomic mass is 16.4. The molecule has 0 aliphatic rings. The summed E-state index contributed by atoms with van der Waals surface area (Å²) >= 11 is 0. The highest BCUT2D eigenvalue weighted by Gasteiger charge is 1.93. The summed E-state index contributed by atoms with van der Waals surface area (Å²) in [5.74, 6) is 0. The van der Waals surface area contributed by atoms with Crippen LogP contribution in [0, 0.1) is 0 Å². The molecule has 0 unspecified atom stereocenters. The lowest BCUT2D eigenvalue weighted by Gasteiger charge is -1.96. The maximum atomic E-state index is 8.17. The van der Waals surface area contributed by atoms with Crippen molar-refractivity contribution in [2.45, 2.75) is 6.10 Å². The van der Waals surface area contributed by atoms with Crippen LogP contribution in [-0.2, 0) is 4.74 Å². The van der Waals surface area contributed by atoms with Gasteiger partial charge in [-0.25, -0.2) is 0 Å². The SMILES string of the molecule is C=C.C=C.COC.OCC(O)CO. The molecule has 13 heavy (non-hydrogen) atoms. The number of rotatable bonds is 2. The Kier molecular flexibility index (Phi) is 74.7. The molecule has 0 spiro atoms. The smallest absolute Gasteiger partial charge is 0.100 e. The third-order valence-electron chi connectivity index (χ3n) is 0.421. The van der Waals surface area contributed by atoms with E-state index in [4.69, 9.17) is 15.3 Å². The van der Waals surface area contributed by atoms with E-state index in [0.717, 1.165) is 0 Å². The maximum absolute atomic E-state index is 8.17. The van der Waals surface area contributed by atoms with Crippen LogP contribution in [0.4, 0.5) is 0 Å². The van der Waals surface area contributed by atoms with Crippen LogP contribution < -0.4 is 0 Å². The van der Waals surface area contributed by atoms with Crippen molar-refractivity contribution in [1.82, 2.24) is 0 Å². The minimum Gasteiger partial charge on any atom is -0.394 e. The van der Waals surface area contributed by atoms with Crippen LogP contribution >= 0.6 is 0 Å². The average molecular weight is 194 g/mol. The highest BCUT2D eigenvalue weighted by molar-refractivity contribution is 4.43. The number of aliphatic hydroxyl groups excluding tert-OH is 3. The van der Waals surface area contributed by atoms with E-state index in [1.54, 1.807) is 14.2 Å². The van der Waals surface area contributed by atoms with Gasteiger partial charge >= 0.3 is 0 Å². The molecule has 0 amide bonds. The molecule has 0 radical (unpaired) electrons. The Hall–Kier alpha value is -0.680. The van der Waals surface area contributed by atoms with E-state index in [1.165, 1.54) is 0 Å². The highest BCUT2D eigenvalue weighted by Crippen LogP contribution is 1.71. The molecule has 4 nitrogen and oxygen atoms in total. The van der Waals surface area contributed by atoms with Gasteiger partial charge in [0.05, 0.1) is 13.2 Å². The lowest BCUT2D eigenvalue weighted by atomic mass is 10.4. The van der Waals surface area contributed by atoms with Crippen LogP contribution in [-0.4, -0.2) is 48.9 Å². The summed E-state index contributed by atoms with van der Waals surface area (Å²) in [7, 11) is 3.25. The molecular formula is C9H22O4. The van der Waals surface area contributed by atoms with E-state index in [9.17, 15) is 0 Å². The second kappa shape index (κ2) is 42.6. The fraction of sp³-hybridized carbons (Fsp3) is 0.556. The molecule has 0 saturated heterocycles. The van der Waals surface area contributed by atoms with Gasteiger partial charge in [-0.2, -0.15) is 0 Å². The van der Waals surface area contributed by atoms with Crippen molar-refractivity contribution in [2.75, 3.05) is 27.4 Å². The molecule has 3 N–H and O–H groups in total. The van der Waals surface area contributed by atoms with Gasteiger partial charge in [0.1, 0.15) is 6.10 Å². The Bertz CT molecular complexity index is 53.6. The standard InChI is InChI=1S/C3H8O3.C2H6O.2C2H4/c4-1-3(6)2-5;1-3-2;2*1-2/h3-6H,1-2H2;1-2H3;2*1-2H2. The van der Waals surface area contributed by atoms with Gasteiger partial charge in [-0.15, -0.1) is 26.3 Å². The lowest BCUT2D eigenvalue weighted by molar-refractivity contribution is 0.0450. The quantitative estimate of drug-likeness (QED) is 0.549. The number of ether oxygens (including phenoxy) is 1. The minimum atomic E-state index is -0.954. The molecule has 0 aromatic rings. The minimum absolute atomic E-state index is 0.365. The molecule has 0 aromatic carbocycles. The predicted octanol–water partition coefficient (Wildman–Crippen LogP) is 0.199. The molecule has 0 saturated carbocycles.